The molecule has 0 atom stereocenters. The maximum atomic E-state index is 11.3. The minimum Gasteiger partial charge on any atom is -0.298 e. The van der Waals surface area contributed by atoms with Crippen molar-refractivity contribution < 1.29 is 4.79 Å². The van der Waals surface area contributed by atoms with Gasteiger partial charge in [0.25, 0.3) is 0 Å². The van der Waals surface area contributed by atoms with Gasteiger partial charge in [-0.25, -0.2) is 9.67 Å². The highest BCUT2D eigenvalue weighted by molar-refractivity contribution is 5.78. The fourth-order valence-corrected chi connectivity index (χ4v) is 2.41. The van der Waals surface area contributed by atoms with E-state index < -0.39 is 0 Å². The molecule has 0 radical (unpaired) electrons. The molecule has 0 unspecified atom stereocenters. The summed E-state index contributed by atoms with van der Waals surface area (Å²) in [4.78, 5) is 15.6. The van der Waals surface area contributed by atoms with Crippen LogP contribution in [0.2, 0.25) is 0 Å². The molecule has 0 spiro atoms. The Morgan fingerprint density at radius 2 is 2.00 bits per heavy atom. The van der Waals surface area contributed by atoms with Gasteiger partial charge in [0, 0.05) is 12.2 Å². The summed E-state index contributed by atoms with van der Waals surface area (Å²) in [5, 5.41) is 8.77. The summed E-state index contributed by atoms with van der Waals surface area (Å²) in [6, 6.07) is 0. The van der Waals surface area contributed by atoms with Crippen molar-refractivity contribution >= 4 is 6.29 Å². The topological polar surface area (TPSA) is 65.6 Å². The molecule has 6 heteroatoms. The zero-order valence-electron chi connectivity index (χ0n) is 12.3. The minimum atomic E-state index is 0.560. The highest BCUT2D eigenvalue weighted by Crippen LogP contribution is 2.15. The average Bonchev–Trinajstić information content (AvgIpc) is 3.03. The molecule has 2 aromatic heterocycles. The molecule has 0 amide bonds. The quantitative estimate of drug-likeness (QED) is 0.724. The molecule has 2 heterocycles. The smallest absolute Gasteiger partial charge is 0.153 e. The van der Waals surface area contributed by atoms with Crippen molar-refractivity contribution in [3.63, 3.8) is 0 Å². The molecule has 6 nitrogen and oxygen atoms in total. The standard InChI is InChI=1S/C14H21N5O/c1-4-7-18-14(15-10-16-18)8-19-13(6-3)11(9-20)12(5-2)17-19/h9-10H,4-8H2,1-3H3. The molecular weight excluding hydrogens is 254 g/mol. The van der Waals surface area contributed by atoms with Gasteiger partial charge in [-0.15, -0.1) is 0 Å². The second-order valence-electron chi connectivity index (χ2n) is 4.69. The molecule has 0 saturated heterocycles. The predicted octanol–water partition coefficient (Wildman–Crippen LogP) is 1.87. The van der Waals surface area contributed by atoms with Gasteiger partial charge >= 0.3 is 0 Å². The molecule has 0 aliphatic rings. The van der Waals surface area contributed by atoms with Crippen molar-refractivity contribution in [2.24, 2.45) is 0 Å². The predicted molar refractivity (Wildman–Crippen MR) is 75.8 cm³/mol. The van der Waals surface area contributed by atoms with E-state index in [-0.39, 0.29) is 0 Å². The number of aromatic nitrogens is 5. The number of aryl methyl sites for hydroxylation is 2. The number of hydrogen-bond acceptors (Lipinski definition) is 4. The molecule has 0 aromatic carbocycles. The summed E-state index contributed by atoms with van der Waals surface area (Å²) in [6.45, 7) is 7.56. The third-order valence-electron chi connectivity index (χ3n) is 3.38. The Morgan fingerprint density at radius 3 is 2.60 bits per heavy atom. The Labute approximate surface area is 118 Å². The minimum absolute atomic E-state index is 0.560. The SMILES string of the molecule is CCCn1ncnc1Cn1nc(CC)c(C=O)c1CC. The van der Waals surface area contributed by atoms with Gasteiger partial charge in [0.15, 0.2) is 6.29 Å². The highest BCUT2D eigenvalue weighted by atomic mass is 16.1. The molecule has 0 N–H and O–H groups in total. The van der Waals surface area contributed by atoms with Crippen LogP contribution >= 0.6 is 0 Å². The van der Waals surface area contributed by atoms with Gasteiger partial charge in [0.2, 0.25) is 0 Å². The van der Waals surface area contributed by atoms with Crippen LogP contribution in [-0.4, -0.2) is 30.8 Å². The number of rotatable bonds is 7. The van der Waals surface area contributed by atoms with Crippen LogP contribution in [0.1, 0.15) is 54.8 Å². The lowest BCUT2D eigenvalue weighted by molar-refractivity contribution is 0.112. The highest BCUT2D eigenvalue weighted by Gasteiger charge is 2.16. The van der Waals surface area contributed by atoms with Crippen LogP contribution in [-0.2, 0) is 25.9 Å². The second-order valence-corrected chi connectivity index (χ2v) is 4.69. The number of aldehydes is 1. The number of carbonyl (C=O) groups is 1. The summed E-state index contributed by atoms with van der Waals surface area (Å²) in [6.07, 6.45) is 5.04. The molecule has 0 fully saturated rings. The van der Waals surface area contributed by atoms with E-state index in [1.54, 1.807) is 6.33 Å². The molecule has 20 heavy (non-hydrogen) atoms. The van der Waals surface area contributed by atoms with Crippen molar-refractivity contribution in [1.82, 2.24) is 24.5 Å². The van der Waals surface area contributed by atoms with Gasteiger partial charge in [0.05, 0.1) is 11.3 Å². The molecule has 108 valence electrons. The first-order chi connectivity index (χ1) is 9.74. The van der Waals surface area contributed by atoms with Crippen LogP contribution in [0.4, 0.5) is 0 Å². The first-order valence-electron chi connectivity index (χ1n) is 7.15. The van der Waals surface area contributed by atoms with Gasteiger partial charge in [-0.1, -0.05) is 20.8 Å². The van der Waals surface area contributed by atoms with Crippen LogP contribution in [0.15, 0.2) is 6.33 Å². The van der Waals surface area contributed by atoms with Crippen molar-refractivity contribution in [3.05, 3.63) is 29.1 Å². The lowest BCUT2D eigenvalue weighted by atomic mass is 10.1. The Kier molecular flexibility index (Phi) is 4.65. The zero-order valence-corrected chi connectivity index (χ0v) is 12.3. The van der Waals surface area contributed by atoms with Gasteiger partial charge in [-0.05, 0) is 19.3 Å². The first kappa shape index (κ1) is 14.4. The lowest BCUT2D eigenvalue weighted by Gasteiger charge is -2.07. The van der Waals surface area contributed by atoms with Crippen LogP contribution in [0.5, 0.6) is 0 Å². The van der Waals surface area contributed by atoms with Gasteiger partial charge in [-0.2, -0.15) is 10.2 Å². The maximum Gasteiger partial charge on any atom is 0.153 e. The molecule has 2 rings (SSSR count). The largest absolute Gasteiger partial charge is 0.298 e. The first-order valence-corrected chi connectivity index (χ1v) is 7.15. The van der Waals surface area contributed by atoms with E-state index in [0.717, 1.165) is 54.9 Å². The molecular formula is C14H21N5O. The number of nitrogens with zero attached hydrogens (tertiary/aromatic N) is 5. The van der Waals surface area contributed by atoms with E-state index in [4.69, 9.17) is 0 Å². The van der Waals surface area contributed by atoms with Crippen LogP contribution in [0.3, 0.4) is 0 Å². The third kappa shape index (κ3) is 2.64. The fraction of sp³-hybridized carbons (Fsp3) is 0.571. The van der Waals surface area contributed by atoms with Crippen LogP contribution < -0.4 is 0 Å². The third-order valence-corrected chi connectivity index (χ3v) is 3.38. The lowest BCUT2D eigenvalue weighted by Crippen LogP contribution is -2.13. The van der Waals surface area contributed by atoms with Crippen LogP contribution in [0, 0.1) is 0 Å². The summed E-state index contributed by atoms with van der Waals surface area (Å²) in [5.41, 5.74) is 2.57. The molecule has 0 aliphatic heterocycles. The zero-order chi connectivity index (χ0) is 14.5. The summed E-state index contributed by atoms with van der Waals surface area (Å²) >= 11 is 0. The van der Waals surface area contributed by atoms with E-state index in [1.807, 2.05) is 23.2 Å². The van der Waals surface area contributed by atoms with Crippen LogP contribution in [0.25, 0.3) is 0 Å². The van der Waals surface area contributed by atoms with Crippen molar-refractivity contribution in [2.45, 2.75) is 53.1 Å². The van der Waals surface area contributed by atoms with E-state index in [9.17, 15) is 4.79 Å². The Balaban J connectivity index is 2.35. The van der Waals surface area contributed by atoms with E-state index >= 15 is 0 Å². The van der Waals surface area contributed by atoms with Crippen molar-refractivity contribution in [2.75, 3.05) is 0 Å². The second kappa shape index (κ2) is 6.45. The summed E-state index contributed by atoms with van der Waals surface area (Å²) < 4.78 is 3.78. The van der Waals surface area contributed by atoms with E-state index in [0.29, 0.717) is 6.54 Å². The Hall–Kier alpha value is -1.98. The molecule has 0 aliphatic carbocycles. The normalized spacial score (nSPS) is 10.9. The Morgan fingerprint density at radius 1 is 1.20 bits per heavy atom. The van der Waals surface area contributed by atoms with Crippen molar-refractivity contribution in [3.8, 4) is 0 Å². The number of hydrogen-bond donors (Lipinski definition) is 0. The number of carbonyl (C=O) groups excluding carboxylic acids is 1. The molecule has 0 saturated carbocycles. The van der Waals surface area contributed by atoms with E-state index in [1.165, 1.54) is 0 Å². The molecule has 2 aromatic rings. The van der Waals surface area contributed by atoms with E-state index in [2.05, 4.69) is 22.1 Å². The Bertz CT molecular complexity index is 584. The monoisotopic (exact) mass is 275 g/mol. The summed E-state index contributed by atoms with van der Waals surface area (Å²) in [5.74, 6) is 0.879. The van der Waals surface area contributed by atoms with Gasteiger partial charge in [0.1, 0.15) is 18.7 Å². The average molecular weight is 275 g/mol. The van der Waals surface area contributed by atoms with Gasteiger partial charge < -0.3 is 0 Å². The molecule has 0 bridgehead atoms. The fourth-order valence-electron chi connectivity index (χ4n) is 2.41. The van der Waals surface area contributed by atoms with Gasteiger partial charge in [-0.3, -0.25) is 9.48 Å². The summed E-state index contributed by atoms with van der Waals surface area (Å²) in [7, 11) is 0. The maximum absolute atomic E-state index is 11.3. The van der Waals surface area contributed by atoms with Crippen molar-refractivity contribution in [1.29, 1.82) is 0 Å².